The zero-order valence-corrected chi connectivity index (χ0v) is 9.90. The van der Waals surface area contributed by atoms with Gasteiger partial charge in [-0.25, -0.2) is 0 Å². The van der Waals surface area contributed by atoms with Crippen LogP contribution in [0, 0.1) is 0 Å². The van der Waals surface area contributed by atoms with Crippen molar-refractivity contribution in [1.82, 2.24) is 10.2 Å². The van der Waals surface area contributed by atoms with E-state index in [2.05, 4.69) is 10.2 Å². The van der Waals surface area contributed by atoms with Crippen molar-refractivity contribution in [3.05, 3.63) is 29.8 Å². The highest BCUT2D eigenvalue weighted by Gasteiger charge is 2.21. The smallest absolute Gasteiger partial charge is 0.115 e. The molecular formula is C13H19FN2O. The highest BCUT2D eigenvalue weighted by molar-refractivity contribution is 5.28. The second-order valence-electron chi connectivity index (χ2n) is 4.37. The standard InChI is InChI=1S/C13H19FN2O/c14-6-5-13(16-9-7-15-8-10-16)11-1-3-12(17)4-2-11/h1-4,13,15,17H,5-10H2/t13-/m0/s1. The lowest BCUT2D eigenvalue weighted by atomic mass is 10.0. The fourth-order valence-electron chi connectivity index (χ4n) is 2.35. The minimum atomic E-state index is -0.310. The van der Waals surface area contributed by atoms with Crippen molar-refractivity contribution < 1.29 is 9.50 Å². The Labute approximate surface area is 101 Å². The van der Waals surface area contributed by atoms with Crippen molar-refractivity contribution >= 4 is 0 Å². The van der Waals surface area contributed by atoms with Gasteiger partial charge in [-0.1, -0.05) is 12.1 Å². The first-order valence-corrected chi connectivity index (χ1v) is 6.11. The molecule has 4 heteroatoms. The monoisotopic (exact) mass is 238 g/mol. The highest BCUT2D eigenvalue weighted by Crippen LogP contribution is 2.26. The van der Waals surface area contributed by atoms with Gasteiger partial charge in [-0.15, -0.1) is 0 Å². The molecule has 0 bridgehead atoms. The molecule has 0 spiro atoms. The maximum Gasteiger partial charge on any atom is 0.115 e. The van der Waals surface area contributed by atoms with Gasteiger partial charge in [0.1, 0.15) is 5.75 Å². The molecule has 0 amide bonds. The molecule has 0 aromatic heterocycles. The number of rotatable bonds is 4. The molecule has 2 rings (SSSR count). The molecule has 1 aliphatic rings. The van der Waals surface area contributed by atoms with Crippen LogP contribution in [0.2, 0.25) is 0 Å². The third kappa shape index (κ3) is 3.17. The molecule has 1 saturated heterocycles. The summed E-state index contributed by atoms with van der Waals surface area (Å²) in [5.74, 6) is 0.257. The first-order chi connectivity index (χ1) is 8.31. The maximum atomic E-state index is 12.7. The van der Waals surface area contributed by atoms with Crippen LogP contribution in [0.5, 0.6) is 5.75 Å². The molecular weight excluding hydrogens is 219 g/mol. The summed E-state index contributed by atoms with van der Waals surface area (Å²) in [4.78, 5) is 2.31. The number of hydrogen-bond donors (Lipinski definition) is 2. The molecule has 1 atom stereocenters. The molecule has 0 saturated carbocycles. The predicted octanol–water partition coefficient (Wildman–Crippen LogP) is 1.70. The summed E-state index contributed by atoms with van der Waals surface area (Å²) < 4.78 is 12.7. The number of piperazine rings is 1. The Bertz CT molecular complexity index is 336. The van der Waals surface area contributed by atoms with Gasteiger partial charge in [-0.05, 0) is 24.1 Å². The number of hydrogen-bond acceptors (Lipinski definition) is 3. The lowest BCUT2D eigenvalue weighted by Crippen LogP contribution is -2.45. The Morgan fingerprint density at radius 3 is 2.47 bits per heavy atom. The van der Waals surface area contributed by atoms with Crippen molar-refractivity contribution in [1.29, 1.82) is 0 Å². The number of aromatic hydroxyl groups is 1. The van der Waals surface area contributed by atoms with E-state index in [9.17, 15) is 9.50 Å². The zero-order chi connectivity index (χ0) is 12.1. The molecule has 94 valence electrons. The molecule has 0 aliphatic carbocycles. The lowest BCUT2D eigenvalue weighted by Gasteiger charge is -2.34. The Kier molecular flexibility index (Phi) is 4.34. The number of phenols is 1. The van der Waals surface area contributed by atoms with Gasteiger partial charge in [0.05, 0.1) is 6.67 Å². The quantitative estimate of drug-likeness (QED) is 0.838. The first kappa shape index (κ1) is 12.3. The van der Waals surface area contributed by atoms with E-state index in [0.29, 0.717) is 6.42 Å². The van der Waals surface area contributed by atoms with E-state index in [4.69, 9.17) is 0 Å². The largest absolute Gasteiger partial charge is 0.508 e. The van der Waals surface area contributed by atoms with E-state index in [0.717, 1.165) is 31.7 Å². The normalized spacial score (nSPS) is 19.1. The van der Waals surface area contributed by atoms with Crippen molar-refractivity contribution in [3.8, 4) is 5.75 Å². The van der Waals surface area contributed by atoms with Gasteiger partial charge in [-0.2, -0.15) is 0 Å². The number of nitrogens with zero attached hydrogens (tertiary/aromatic N) is 1. The number of phenolic OH excluding ortho intramolecular Hbond substituents is 1. The first-order valence-electron chi connectivity index (χ1n) is 6.11. The van der Waals surface area contributed by atoms with Crippen molar-refractivity contribution in [3.63, 3.8) is 0 Å². The minimum Gasteiger partial charge on any atom is -0.508 e. The fourth-order valence-corrected chi connectivity index (χ4v) is 2.35. The third-order valence-electron chi connectivity index (χ3n) is 3.25. The SMILES string of the molecule is Oc1ccc([C@H](CCF)N2CCNCC2)cc1. The Morgan fingerprint density at radius 2 is 1.88 bits per heavy atom. The average molecular weight is 238 g/mol. The van der Waals surface area contributed by atoms with Crippen LogP contribution in [-0.2, 0) is 0 Å². The Balaban J connectivity index is 2.12. The Hall–Kier alpha value is -1.13. The minimum absolute atomic E-state index is 0.127. The third-order valence-corrected chi connectivity index (χ3v) is 3.25. The van der Waals surface area contributed by atoms with Gasteiger partial charge in [0.25, 0.3) is 0 Å². The van der Waals surface area contributed by atoms with Crippen LogP contribution in [0.4, 0.5) is 4.39 Å². The predicted molar refractivity (Wildman–Crippen MR) is 65.9 cm³/mol. The van der Waals surface area contributed by atoms with Gasteiger partial charge >= 0.3 is 0 Å². The second-order valence-corrected chi connectivity index (χ2v) is 4.37. The number of alkyl halides is 1. The van der Waals surface area contributed by atoms with E-state index in [-0.39, 0.29) is 18.5 Å². The van der Waals surface area contributed by atoms with Crippen LogP contribution in [0.3, 0.4) is 0 Å². The molecule has 1 fully saturated rings. The fraction of sp³-hybridized carbons (Fsp3) is 0.538. The topological polar surface area (TPSA) is 35.5 Å². The zero-order valence-electron chi connectivity index (χ0n) is 9.90. The van der Waals surface area contributed by atoms with Gasteiger partial charge < -0.3 is 10.4 Å². The molecule has 1 aromatic rings. The number of halogens is 1. The Morgan fingerprint density at radius 1 is 1.24 bits per heavy atom. The molecule has 3 nitrogen and oxygen atoms in total. The van der Waals surface area contributed by atoms with E-state index in [1.165, 1.54) is 0 Å². The van der Waals surface area contributed by atoms with E-state index >= 15 is 0 Å². The van der Waals surface area contributed by atoms with Crippen molar-refractivity contribution in [2.75, 3.05) is 32.9 Å². The summed E-state index contributed by atoms with van der Waals surface area (Å²) in [6, 6.07) is 7.24. The van der Waals surface area contributed by atoms with Crippen LogP contribution in [-0.4, -0.2) is 42.9 Å². The molecule has 1 aliphatic heterocycles. The van der Waals surface area contributed by atoms with Crippen molar-refractivity contribution in [2.24, 2.45) is 0 Å². The summed E-state index contributed by atoms with van der Waals surface area (Å²) in [6.45, 7) is 3.51. The molecule has 2 N–H and O–H groups in total. The van der Waals surface area contributed by atoms with E-state index in [1.807, 2.05) is 12.1 Å². The van der Waals surface area contributed by atoms with Gasteiger partial charge in [0.15, 0.2) is 0 Å². The average Bonchev–Trinajstić information content (AvgIpc) is 2.38. The van der Waals surface area contributed by atoms with Crippen LogP contribution >= 0.6 is 0 Å². The maximum absolute atomic E-state index is 12.7. The van der Waals surface area contributed by atoms with Crippen LogP contribution in [0.15, 0.2) is 24.3 Å². The highest BCUT2D eigenvalue weighted by atomic mass is 19.1. The second kappa shape index (κ2) is 5.98. The van der Waals surface area contributed by atoms with E-state index < -0.39 is 0 Å². The molecule has 17 heavy (non-hydrogen) atoms. The number of nitrogens with one attached hydrogen (secondary N) is 1. The molecule has 0 unspecified atom stereocenters. The summed E-state index contributed by atoms with van der Waals surface area (Å²) in [7, 11) is 0. The van der Waals surface area contributed by atoms with Crippen LogP contribution < -0.4 is 5.32 Å². The molecule has 1 heterocycles. The van der Waals surface area contributed by atoms with Crippen LogP contribution in [0.1, 0.15) is 18.0 Å². The summed E-state index contributed by atoms with van der Waals surface area (Å²) >= 11 is 0. The van der Waals surface area contributed by atoms with Crippen LogP contribution in [0.25, 0.3) is 0 Å². The number of benzene rings is 1. The lowest BCUT2D eigenvalue weighted by molar-refractivity contribution is 0.157. The summed E-state index contributed by atoms with van der Waals surface area (Å²) in [6.07, 6.45) is 0.519. The molecule has 0 radical (unpaired) electrons. The summed E-state index contributed by atoms with van der Waals surface area (Å²) in [5, 5.41) is 12.6. The molecule has 1 aromatic carbocycles. The van der Waals surface area contributed by atoms with E-state index in [1.54, 1.807) is 12.1 Å². The van der Waals surface area contributed by atoms with Gasteiger partial charge in [0, 0.05) is 32.2 Å². The van der Waals surface area contributed by atoms with Gasteiger partial charge in [-0.3, -0.25) is 9.29 Å². The summed E-state index contributed by atoms with van der Waals surface area (Å²) in [5.41, 5.74) is 1.09. The van der Waals surface area contributed by atoms with Crippen molar-refractivity contribution in [2.45, 2.75) is 12.5 Å². The van der Waals surface area contributed by atoms with Gasteiger partial charge in [0.2, 0.25) is 0 Å².